The minimum absolute atomic E-state index is 0.0367. The lowest BCUT2D eigenvalue weighted by Gasteiger charge is -2.12. The Hall–Kier alpha value is -3.09. The molecule has 0 bridgehead atoms. The lowest BCUT2D eigenvalue weighted by Crippen LogP contribution is -2.13. The molecule has 0 heterocycles. The van der Waals surface area contributed by atoms with Crippen molar-refractivity contribution >= 4 is 16.7 Å². The van der Waals surface area contributed by atoms with Crippen molar-refractivity contribution < 1.29 is 24.2 Å². The van der Waals surface area contributed by atoms with E-state index >= 15 is 0 Å². The number of rotatable bonds is 8. The number of esters is 1. The summed E-state index contributed by atoms with van der Waals surface area (Å²) < 4.78 is 10.3. The maximum atomic E-state index is 12.1. The van der Waals surface area contributed by atoms with E-state index in [4.69, 9.17) is 9.47 Å². The van der Waals surface area contributed by atoms with Crippen LogP contribution in [0.3, 0.4) is 0 Å². The number of benzene rings is 2. The number of methoxy groups -OCH3 is 1. The Labute approximate surface area is 144 Å². The third-order valence-corrected chi connectivity index (χ3v) is 3.69. The Kier molecular flexibility index (Phi) is 6.33. The summed E-state index contributed by atoms with van der Waals surface area (Å²) in [5.74, 6) is -0.0109. The van der Waals surface area contributed by atoms with Gasteiger partial charge >= 0.3 is 5.97 Å². The molecular weight excluding hydrogens is 326 g/mol. The molecule has 0 radical (unpaired) electrons. The van der Waals surface area contributed by atoms with Crippen LogP contribution in [0.25, 0.3) is 10.8 Å². The third kappa shape index (κ3) is 5.20. The van der Waals surface area contributed by atoms with Crippen LogP contribution in [-0.4, -0.2) is 31.4 Å². The van der Waals surface area contributed by atoms with Gasteiger partial charge in [-0.2, -0.15) is 0 Å². The lowest BCUT2D eigenvalue weighted by atomic mass is 9.98. The normalized spacial score (nSPS) is 12.1. The summed E-state index contributed by atoms with van der Waals surface area (Å²) >= 11 is 0. The molecule has 0 fully saturated rings. The predicted molar refractivity (Wildman–Crippen MR) is 92.0 cm³/mol. The zero-order chi connectivity index (χ0) is 18.2. The Bertz CT molecular complexity index is 786. The SMILES string of the molecule is COc1ccc2cc([C@H](C)C(=O)OC/C=C/CO[N+](=O)[O-])ccc2c1. The van der Waals surface area contributed by atoms with Gasteiger partial charge in [0.05, 0.1) is 13.0 Å². The fourth-order valence-corrected chi connectivity index (χ4v) is 2.27. The fourth-order valence-electron chi connectivity index (χ4n) is 2.27. The monoisotopic (exact) mass is 345 g/mol. The Morgan fingerprint density at radius 3 is 2.56 bits per heavy atom. The third-order valence-electron chi connectivity index (χ3n) is 3.69. The van der Waals surface area contributed by atoms with Crippen molar-refractivity contribution in [2.24, 2.45) is 0 Å². The summed E-state index contributed by atoms with van der Waals surface area (Å²) in [5, 5.41) is 11.1. The van der Waals surface area contributed by atoms with Crippen LogP contribution in [0.4, 0.5) is 0 Å². The summed E-state index contributed by atoms with van der Waals surface area (Å²) in [6.45, 7) is 1.63. The van der Waals surface area contributed by atoms with Crippen LogP contribution in [0.15, 0.2) is 48.6 Å². The molecule has 7 heteroatoms. The van der Waals surface area contributed by atoms with Crippen LogP contribution in [0.5, 0.6) is 5.75 Å². The van der Waals surface area contributed by atoms with Gasteiger partial charge in [0.2, 0.25) is 0 Å². The van der Waals surface area contributed by atoms with E-state index in [2.05, 4.69) is 4.84 Å². The van der Waals surface area contributed by atoms with Crippen LogP contribution >= 0.6 is 0 Å². The molecule has 0 aromatic heterocycles. The second kappa shape index (κ2) is 8.68. The van der Waals surface area contributed by atoms with Crippen molar-refractivity contribution in [3.63, 3.8) is 0 Å². The number of fused-ring (bicyclic) bond motifs is 1. The zero-order valence-corrected chi connectivity index (χ0v) is 14.0. The molecule has 0 saturated heterocycles. The largest absolute Gasteiger partial charge is 0.497 e. The van der Waals surface area contributed by atoms with Gasteiger partial charge in [0.1, 0.15) is 19.0 Å². The van der Waals surface area contributed by atoms with Gasteiger partial charge in [-0.15, -0.1) is 10.1 Å². The molecule has 2 aromatic rings. The summed E-state index contributed by atoms with van der Waals surface area (Å²) in [6.07, 6.45) is 2.92. The molecule has 2 aromatic carbocycles. The maximum Gasteiger partial charge on any atom is 0.313 e. The molecule has 7 nitrogen and oxygen atoms in total. The molecule has 0 aliphatic heterocycles. The molecule has 0 amide bonds. The highest BCUT2D eigenvalue weighted by Gasteiger charge is 2.16. The van der Waals surface area contributed by atoms with Crippen molar-refractivity contribution in [2.75, 3.05) is 20.3 Å². The van der Waals surface area contributed by atoms with E-state index in [0.29, 0.717) is 0 Å². The maximum absolute atomic E-state index is 12.1. The lowest BCUT2D eigenvalue weighted by molar-refractivity contribution is -0.755. The van der Waals surface area contributed by atoms with Gasteiger partial charge < -0.3 is 14.3 Å². The number of hydrogen-bond acceptors (Lipinski definition) is 6. The zero-order valence-electron chi connectivity index (χ0n) is 14.0. The predicted octanol–water partition coefficient (Wildman–Crippen LogP) is 3.26. The van der Waals surface area contributed by atoms with E-state index in [1.54, 1.807) is 14.0 Å². The molecule has 132 valence electrons. The van der Waals surface area contributed by atoms with Gasteiger partial charge in [0.15, 0.2) is 0 Å². The van der Waals surface area contributed by atoms with Crippen molar-refractivity contribution in [1.29, 1.82) is 0 Å². The van der Waals surface area contributed by atoms with E-state index in [-0.39, 0.29) is 19.2 Å². The second-order valence-corrected chi connectivity index (χ2v) is 5.32. The average Bonchev–Trinajstić information content (AvgIpc) is 2.62. The smallest absolute Gasteiger partial charge is 0.313 e. The van der Waals surface area contributed by atoms with E-state index in [1.165, 1.54) is 12.2 Å². The number of carbonyl (C=O) groups excluding carboxylic acids is 1. The minimum atomic E-state index is -0.881. The van der Waals surface area contributed by atoms with Crippen molar-refractivity contribution in [3.05, 3.63) is 64.2 Å². The van der Waals surface area contributed by atoms with Crippen LogP contribution in [0.1, 0.15) is 18.4 Å². The first kappa shape index (κ1) is 18.3. The first-order valence-electron chi connectivity index (χ1n) is 7.68. The molecule has 1 atom stereocenters. The van der Waals surface area contributed by atoms with Crippen LogP contribution in [0, 0.1) is 10.1 Å². The topological polar surface area (TPSA) is 87.9 Å². The quantitative estimate of drug-likeness (QED) is 0.316. The molecular formula is C18H19NO6. The number of nitrogens with zero attached hydrogens (tertiary/aromatic N) is 1. The van der Waals surface area contributed by atoms with E-state index in [0.717, 1.165) is 22.1 Å². The Morgan fingerprint density at radius 1 is 1.16 bits per heavy atom. The molecule has 2 rings (SSSR count). The first-order valence-corrected chi connectivity index (χ1v) is 7.68. The van der Waals surface area contributed by atoms with Crippen LogP contribution in [-0.2, 0) is 14.4 Å². The van der Waals surface area contributed by atoms with Gasteiger partial charge in [0.25, 0.3) is 5.09 Å². The molecule has 0 unspecified atom stereocenters. The summed E-state index contributed by atoms with van der Waals surface area (Å²) in [4.78, 5) is 26.2. The van der Waals surface area contributed by atoms with Gasteiger partial charge in [-0.25, -0.2) is 0 Å². The van der Waals surface area contributed by atoms with E-state index in [9.17, 15) is 14.9 Å². The highest BCUT2D eigenvalue weighted by molar-refractivity contribution is 5.86. The van der Waals surface area contributed by atoms with Gasteiger partial charge in [-0.05, 0) is 41.5 Å². The molecule has 0 spiro atoms. The average molecular weight is 345 g/mol. The molecule has 0 saturated carbocycles. The highest BCUT2D eigenvalue weighted by atomic mass is 16.9. The molecule has 0 aliphatic rings. The summed E-state index contributed by atoms with van der Waals surface area (Å²) in [6, 6.07) is 11.5. The summed E-state index contributed by atoms with van der Waals surface area (Å²) in [5.41, 5.74) is 0.850. The van der Waals surface area contributed by atoms with Crippen molar-refractivity contribution in [2.45, 2.75) is 12.8 Å². The van der Waals surface area contributed by atoms with Crippen molar-refractivity contribution in [1.82, 2.24) is 0 Å². The fraction of sp³-hybridized carbons (Fsp3) is 0.278. The standard InChI is InChI=1S/C18H19NO6/c1-13(18(20)24-9-3-4-10-25-19(21)22)14-5-6-16-12-17(23-2)8-7-15(16)11-14/h3-8,11-13H,9-10H2,1-2H3/b4-3+/t13-/m0/s1. The van der Waals surface area contributed by atoms with E-state index < -0.39 is 11.0 Å². The Balaban J connectivity index is 1.94. The number of ether oxygens (including phenoxy) is 2. The number of hydrogen-bond donors (Lipinski definition) is 0. The van der Waals surface area contributed by atoms with Gasteiger partial charge in [0, 0.05) is 0 Å². The van der Waals surface area contributed by atoms with Gasteiger partial charge in [-0.1, -0.05) is 30.3 Å². The van der Waals surface area contributed by atoms with Crippen molar-refractivity contribution in [3.8, 4) is 5.75 Å². The molecule has 0 N–H and O–H groups in total. The second-order valence-electron chi connectivity index (χ2n) is 5.32. The van der Waals surface area contributed by atoms with Crippen LogP contribution < -0.4 is 4.74 Å². The highest BCUT2D eigenvalue weighted by Crippen LogP contribution is 2.25. The van der Waals surface area contributed by atoms with E-state index in [1.807, 2.05) is 36.4 Å². The first-order chi connectivity index (χ1) is 12.0. The molecule has 0 aliphatic carbocycles. The number of carbonyl (C=O) groups is 1. The molecule has 25 heavy (non-hydrogen) atoms. The van der Waals surface area contributed by atoms with Gasteiger partial charge in [-0.3, -0.25) is 4.79 Å². The Morgan fingerprint density at radius 2 is 1.84 bits per heavy atom. The van der Waals surface area contributed by atoms with Crippen LogP contribution in [0.2, 0.25) is 0 Å². The summed E-state index contributed by atoms with van der Waals surface area (Å²) in [7, 11) is 1.62. The minimum Gasteiger partial charge on any atom is -0.497 e.